The second kappa shape index (κ2) is 13.5. The number of guanidine groups is 1. The Kier molecular flexibility index (Phi) is 13.0. The Morgan fingerprint density at radius 1 is 1.26 bits per heavy atom. The predicted molar refractivity (Wildman–Crippen MR) is 102 cm³/mol. The summed E-state index contributed by atoms with van der Waals surface area (Å²) in [4.78, 5) is 4.16. The van der Waals surface area contributed by atoms with Gasteiger partial charge in [0.25, 0.3) is 0 Å². The molecule has 5 nitrogen and oxygen atoms in total. The molecule has 0 aromatic heterocycles. The van der Waals surface area contributed by atoms with Crippen LogP contribution in [0.5, 0.6) is 0 Å². The van der Waals surface area contributed by atoms with Crippen molar-refractivity contribution in [3.63, 3.8) is 0 Å². The standard InChI is InChI=1S/C16H26FN3O2.HI/c1-4-22-11-5-10-19-16(18-2)20-12-15(21-3)13-6-8-14(17)9-7-13;/h6-9,15H,4-5,10-12H2,1-3H3,(H2,18,19,20);1H. The number of hydrogen-bond donors (Lipinski definition) is 2. The van der Waals surface area contributed by atoms with E-state index in [4.69, 9.17) is 9.47 Å². The molecular formula is C16H27FIN3O2. The Morgan fingerprint density at radius 3 is 2.52 bits per heavy atom. The second-order valence-corrected chi connectivity index (χ2v) is 4.71. The Labute approximate surface area is 155 Å². The number of aliphatic imine (C=N–C) groups is 1. The molecule has 0 bridgehead atoms. The maximum atomic E-state index is 13.0. The lowest BCUT2D eigenvalue weighted by Gasteiger charge is -2.18. The zero-order chi connectivity index (χ0) is 16.2. The van der Waals surface area contributed by atoms with E-state index in [1.54, 1.807) is 26.3 Å². The molecule has 1 atom stereocenters. The fraction of sp³-hybridized carbons (Fsp3) is 0.562. The first kappa shape index (κ1) is 22.1. The molecule has 0 aliphatic carbocycles. The van der Waals surface area contributed by atoms with E-state index in [1.807, 2.05) is 6.92 Å². The van der Waals surface area contributed by atoms with Gasteiger partial charge in [0.1, 0.15) is 5.82 Å². The molecule has 0 radical (unpaired) electrons. The van der Waals surface area contributed by atoms with Gasteiger partial charge in [0.05, 0.1) is 6.10 Å². The molecule has 0 amide bonds. The van der Waals surface area contributed by atoms with E-state index in [9.17, 15) is 4.39 Å². The summed E-state index contributed by atoms with van der Waals surface area (Å²) in [5, 5.41) is 6.42. The van der Waals surface area contributed by atoms with Crippen molar-refractivity contribution in [2.75, 3.05) is 40.5 Å². The van der Waals surface area contributed by atoms with E-state index < -0.39 is 0 Å². The predicted octanol–water partition coefficient (Wildman–Crippen LogP) is 2.72. The Balaban J connectivity index is 0.00000484. The van der Waals surface area contributed by atoms with Gasteiger partial charge >= 0.3 is 0 Å². The number of halogens is 2. The lowest BCUT2D eigenvalue weighted by molar-refractivity contribution is 0.106. The molecule has 132 valence electrons. The largest absolute Gasteiger partial charge is 0.382 e. The molecule has 0 fully saturated rings. The molecule has 7 heteroatoms. The van der Waals surface area contributed by atoms with Gasteiger partial charge in [0.15, 0.2) is 5.96 Å². The highest BCUT2D eigenvalue weighted by molar-refractivity contribution is 14.0. The molecule has 0 saturated carbocycles. The smallest absolute Gasteiger partial charge is 0.191 e. The molecule has 1 unspecified atom stereocenters. The topological polar surface area (TPSA) is 54.9 Å². The molecule has 0 saturated heterocycles. The summed E-state index contributed by atoms with van der Waals surface area (Å²) in [6, 6.07) is 6.32. The van der Waals surface area contributed by atoms with Crippen molar-refractivity contribution in [3.05, 3.63) is 35.6 Å². The van der Waals surface area contributed by atoms with Gasteiger partial charge in [-0.1, -0.05) is 12.1 Å². The van der Waals surface area contributed by atoms with Crippen molar-refractivity contribution < 1.29 is 13.9 Å². The number of nitrogens with one attached hydrogen (secondary N) is 2. The molecule has 1 aromatic carbocycles. The number of hydrogen-bond acceptors (Lipinski definition) is 3. The minimum Gasteiger partial charge on any atom is -0.382 e. The van der Waals surface area contributed by atoms with Crippen LogP contribution >= 0.6 is 24.0 Å². The summed E-state index contributed by atoms with van der Waals surface area (Å²) >= 11 is 0. The molecule has 0 aliphatic heterocycles. The third kappa shape index (κ3) is 9.07. The Hall–Kier alpha value is -0.930. The van der Waals surface area contributed by atoms with Crippen LogP contribution in [-0.2, 0) is 9.47 Å². The van der Waals surface area contributed by atoms with Crippen LogP contribution in [0.4, 0.5) is 4.39 Å². The summed E-state index contributed by atoms with van der Waals surface area (Å²) in [6.45, 7) is 4.78. The fourth-order valence-corrected chi connectivity index (χ4v) is 1.95. The summed E-state index contributed by atoms with van der Waals surface area (Å²) < 4.78 is 23.7. The van der Waals surface area contributed by atoms with Gasteiger partial charge in [-0.15, -0.1) is 24.0 Å². The highest BCUT2D eigenvalue weighted by atomic mass is 127. The number of benzene rings is 1. The highest BCUT2D eigenvalue weighted by Gasteiger charge is 2.11. The average Bonchev–Trinajstić information content (AvgIpc) is 2.54. The number of methoxy groups -OCH3 is 1. The van der Waals surface area contributed by atoms with Crippen LogP contribution in [0.3, 0.4) is 0 Å². The van der Waals surface area contributed by atoms with E-state index in [0.717, 1.165) is 31.7 Å². The van der Waals surface area contributed by atoms with Gasteiger partial charge in [0, 0.05) is 40.5 Å². The summed E-state index contributed by atoms with van der Waals surface area (Å²) in [7, 11) is 3.35. The minimum atomic E-state index is -0.252. The van der Waals surface area contributed by atoms with Gasteiger partial charge in [-0.05, 0) is 31.0 Å². The van der Waals surface area contributed by atoms with E-state index in [-0.39, 0.29) is 35.9 Å². The summed E-state index contributed by atoms with van der Waals surface area (Å²) in [5.41, 5.74) is 0.920. The van der Waals surface area contributed by atoms with Crippen LogP contribution in [-0.4, -0.2) is 46.4 Å². The van der Waals surface area contributed by atoms with Crippen LogP contribution in [0.2, 0.25) is 0 Å². The number of ether oxygens (including phenoxy) is 2. The third-order valence-corrected chi connectivity index (χ3v) is 3.17. The van der Waals surface area contributed by atoms with Crippen molar-refractivity contribution in [2.24, 2.45) is 4.99 Å². The Morgan fingerprint density at radius 2 is 1.96 bits per heavy atom. The second-order valence-electron chi connectivity index (χ2n) is 4.71. The van der Waals surface area contributed by atoms with Crippen molar-refractivity contribution >= 4 is 29.9 Å². The average molecular weight is 439 g/mol. The third-order valence-electron chi connectivity index (χ3n) is 3.17. The van der Waals surface area contributed by atoms with E-state index in [0.29, 0.717) is 12.5 Å². The highest BCUT2D eigenvalue weighted by Crippen LogP contribution is 2.15. The van der Waals surface area contributed by atoms with Gasteiger partial charge in [-0.2, -0.15) is 0 Å². The molecule has 1 aromatic rings. The maximum Gasteiger partial charge on any atom is 0.191 e. The number of nitrogens with zero attached hydrogens (tertiary/aromatic N) is 1. The zero-order valence-electron chi connectivity index (χ0n) is 14.0. The van der Waals surface area contributed by atoms with E-state index in [1.165, 1.54) is 12.1 Å². The van der Waals surface area contributed by atoms with Crippen molar-refractivity contribution in [1.29, 1.82) is 0 Å². The minimum absolute atomic E-state index is 0. The zero-order valence-corrected chi connectivity index (χ0v) is 16.3. The lowest BCUT2D eigenvalue weighted by Crippen LogP contribution is -2.40. The summed E-state index contributed by atoms with van der Waals surface area (Å²) in [6.07, 6.45) is 0.753. The van der Waals surface area contributed by atoms with Crippen LogP contribution in [0, 0.1) is 5.82 Å². The lowest BCUT2D eigenvalue weighted by atomic mass is 10.1. The van der Waals surface area contributed by atoms with Gasteiger partial charge in [-0.3, -0.25) is 4.99 Å². The van der Waals surface area contributed by atoms with Crippen LogP contribution in [0.25, 0.3) is 0 Å². The van der Waals surface area contributed by atoms with E-state index in [2.05, 4.69) is 15.6 Å². The van der Waals surface area contributed by atoms with Crippen LogP contribution in [0.15, 0.2) is 29.3 Å². The molecule has 0 heterocycles. The van der Waals surface area contributed by atoms with Crippen LogP contribution < -0.4 is 10.6 Å². The quantitative estimate of drug-likeness (QED) is 0.269. The first-order valence-corrected chi connectivity index (χ1v) is 7.51. The van der Waals surface area contributed by atoms with E-state index >= 15 is 0 Å². The van der Waals surface area contributed by atoms with Gasteiger partial charge in [-0.25, -0.2) is 4.39 Å². The van der Waals surface area contributed by atoms with Crippen LogP contribution in [0.1, 0.15) is 25.0 Å². The number of rotatable bonds is 9. The van der Waals surface area contributed by atoms with Crippen molar-refractivity contribution in [1.82, 2.24) is 10.6 Å². The first-order valence-electron chi connectivity index (χ1n) is 7.51. The summed E-state index contributed by atoms with van der Waals surface area (Å²) in [5.74, 6) is 0.457. The first-order chi connectivity index (χ1) is 10.7. The van der Waals surface area contributed by atoms with Gasteiger partial charge in [0.2, 0.25) is 0 Å². The molecule has 23 heavy (non-hydrogen) atoms. The van der Waals surface area contributed by atoms with Crippen molar-refractivity contribution in [3.8, 4) is 0 Å². The van der Waals surface area contributed by atoms with Crippen molar-refractivity contribution in [2.45, 2.75) is 19.4 Å². The molecule has 0 aliphatic rings. The normalized spacial score (nSPS) is 12.4. The maximum absolute atomic E-state index is 13.0. The van der Waals surface area contributed by atoms with Gasteiger partial charge < -0.3 is 20.1 Å². The fourth-order valence-electron chi connectivity index (χ4n) is 1.95. The monoisotopic (exact) mass is 439 g/mol. The molecule has 2 N–H and O–H groups in total. The molecular weight excluding hydrogens is 412 g/mol. The Bertz CT molecular complexity index is 443. The SMILES string of the molecule is CCOCCCNC(=NC)NCC(OC)c1ccc(F)cc1.I. The molecule has 1 rings (SSSR count). The molecule has 0 spiro atoms.